The molecule has 1 aromatic heterocycles. The predicted molar refractivity (Wildman–Crippen MR) is 135 cm³/mol. The molecule has 0 radical (unpaired) electrons. The van der Waals surface area contributed by atoms with E-state index in [1.54, 1.807) is 12.1 Å². The maximum Gasteiger partial charge on any atom is 0.433 e. The molecule has 2 aliphatic heterocycles. The summed E-state index contributed by atoms with van der Waals surface area (Å²) in [7, 11) is -3.87. The second-order valence-corrected chi connectivity index (χ2v) is 12.8. The van der Waals surface area contributed by atoms with Crippen molar-refractivity contribution in [2.45, 2.75) is 49.1 Å². The van der Waals surface area contributed by atoms with E-state index in [0.29, 0.717) is 0 Å². The first-order valence-corrected chi connectivity index (χ1v) is 13.8. The van der Waals surface area contributed by atoms with Crippen LogP contribution < -0.4 is 9.80 Å². The van der Waals surface area contributed by atoms with Crippen molar-refractivity contribution in [2.24, 2.45) is 0 Å². The highest BCUT2D eigenvalue weighted by Crippen LogP contribution is 2.35. The second kappa shape index (κ2) is 9.93. The van der Waals surface area contributed by atoms with Crippen molar-refractivity contribution < 1.29 is 21.6 Å². The first-order valence-electron chi connectivity index (χ1n) is 11.8. The number of anilines is 2. The lowest BCUT2D eigenvalue weighted by Crippen LogP contribution is -2.53. The van der Waals surface area contributed by atoms with Crippen molar-refractivity contribution in [1.82, 2.24) is 14.9 Å². The summed E-state index contributed by atoms with van der Waals surface area (Å²) in [4.78, 5) is 13.1. The molecule has 0 spiro atoms. The summed E-state index contributed by atoms with van der Waals surface area (Å²) in [6.07, 6.45) is -4.58. The molecule has 1 aromatic carbocycles. The van der Waals surface area contributed by atoms with E-state index in [4.69, 9.17) is 16.9 Å². The number of rotatable bonds is 4. The summed E-state index contributed by atoms with van der Waals surface area (Å²) in [5, 5.41) is 8.27. The van der Waals surface area contributed by atoms with Gasteiger partial charge in [0.05, 0.1) is 15.2 Å². The molecule has 2 aromatic rings. The normalized spacial score (nSPS) is 19.8. The summed E-state index contributed by atoms with van der Waals surface area (Å²) in [6.45, 7) is 9.95. The first kappa shape index (κ1) is 27.4. The molecule has 0 aliphatic carbocycles. The molecule has 3 heterocycles. The molecule has 2 saturated heterocycles. The van der Waals surface area contributed by atoms with Crippen molar-refractivity contribution in [3.05, 3.63) is 40.8 Å². The lowest BCUT2D eigenvalue weighted by molar-refractivity contribution is -0.141. The highest BCUT2D eigenvalue weighted by molar-refractivity contribution is 7.92. The molecule has 37 heavy (non-hydrogen) atoms. The minimum absolute atomic E-state index is 0.00511. The molecular formula is C24H28ClF3N6O2S. The molecular weight excluding hydrogens is 529 g/mol. The fraction of sp³-hybridized carbons (Fsp3) is 0.542. The van der Waals surface area contributed by atoms with Gasteiger partial charge in [0.15, 0.2) is 15.5 Å². The SMILES string of the molecule is CC(C)(C)N1CCN(c2ccc(S(=O)(=O)C3CCN(c4cc(C(F)(F)F)nc(C#N)n4)C3)c(Cl)c2)CC1. The van der Waals surface area contributed by atoms with Crippen LogP contribution in [0.2, 0.25) is 5.02 Å². The van der Waals surface area contributed by atoms with Crippen LogP contribution in [0.1, 0.15) is 38.7 Å². The molecule has 2 fully saturated rings. The number of alkyl halides is 3. The highest BCUT2D eigenvalue weighted by Gasteiger charge is 2.38. The third-order valence-corrected chi connectivity index (χ3v) is 9.48. The molecule has 1 unspecified atom stereocenters. The highest BCUT2D eigenvalue weighted by atomic mass is 35.5. The Labute approximate surface area is 219 Å². The molecule has 0 bridgehead atoms. The first-order chi connectivity index (χ1) is 17.2. The monoisotopic (exact) mass is 556 g/mol. The van der Waals surface area contributed by atoms with Crippen LogP contribution >= 0.6 is 11.6 Å². The molecule has 4 rings (SSSR count). The predicted octanol–water partition coefficient (Wildman–Crippen LogP) is 3.99. The zero-order valence-corrected chi connectivity index (χ0v) is 22.3. The Hall–Kier alpha value is -2.62. The quantitative estimate of drug-likeness (QED) is 0.558. The van der Waals surface area contributed by atoms with Crippen LogP contribution in [-0.4, -0.2) is 73.3 Å². The number of halogens is 4. The zero-order chi connectivity index (χ0) is 27.2. The Bertz CT molecular complexity index is 1320. The zero-order valence-electron chi connectivity index (χ0n) is 20.8. The van der Waals surface area contributed by atoms with E-state index >= 15 is 0 Å². The smallest absolute Gasteiger partial charge is 0.369 e. The van der Waals surface area contributed by atoms with Gasteiger partial charge in [0.2, 0.25) is 5.82 Å². The number of hydrogen-bond acceptors (Lipinski definition) is 8. The van der Waals surface area contributed by atoms with Gasteiger partial charge in [0, 0.05) is 56.6 Å². The van der Waals surface area contributed by atoms with Gasteiger partial charge in [0.25, 0.3) is 0 Å². The minimum Gasteiger partial charge on any atom is -0.369 e. The Kier molecular flexibility index (Phi) is 7.35. The molecule has 0 saturated carbocycles. The molecule has 8 nitrogen and oxygen atoms in total. The number of hydrogen-bond donors (Lipinski definition) is 0. The number of nitrogens with zero attached hydrogens (tertiary/aromatic N) is 6. The standard InChI is InChI=1S/C24H28ClF3N6O2S/c1-23(2,3)34-10-8-32(9-11-34)16-4-5-19(18(25)12-16)37(35,36)17-6-7-33(15-17)22-13-20(24(26,27)28)30-21(14-29)31-22/h4-5,12-13,17H,6-11,15H2,1-3H3. The largest absolute Gasteiger partial charge is 0.433 e. The van der Waals surface area contributed by atoms with Crippen molar-refractivity contribution in [2.75, 3.05) is 49.1 Å². The summed E-state index contributed by atoms with van der Waals surface area (Å²) >= 11 is 6.47. The van der Waals surface area contributed by atoms with E-state index in [9.17, 15) is 21.6 Å². The van der Waals surface area contributed by atoms with Gasteiger partial charge in [-0.3, -0.25) is 4.90 Å². The number of sulfone groups is 1. The fourth-order valence-electron chi connectivity index (χ4n) is 4.71. The van der Waals surface area contributed by atoms with Gasteiger partial charge in [-0.2, -0.15) is 18.4 Å². The van der Waals surface area contributed by atoms with Crippen molar-refractivity contribution >= 4 is 32.9 Å². The van der Waals surface area contributed by atoms with Gasteiger partial charge in [-0.1, -0.05) is 11.6 Å². The number of benzene rings is 1. The third kappa shape index (κ3) is 5.78. The van der Waals surface area contributed by atoms with E-state index in [0.717, 1.165) is 37.9 Å². The summed E-state index contributed by atoms with van der Waals surface area (Å²) < 4.78 is 66.5. The Morgan fingerprint density at radius 1 is 1.03 bits per heavy atom. The molecule has 2 aliphatic rings. The Morgan fingerprint density at radius 3 is 2.27 bits per heavy atom. The van der Waals surface area contributed by atoms with Gasteiger partial charge >= 0.3 is 6.18 Å². The average Bonchev–Trinajstić information content (AvgIpc) is 3.34. The number of nitriles is 1. The van der Waals surface area contributed by atoms with Gasteiger partial charge < -0.3 is 9.80 Å². The fourth-order valence-corrected chi connectivity index (χ4v) is 6.95. The van der Waals surface area contributed by atoms with Crippen LogP contribution in [-0.2, 0) is 16.0 Å². The molecule has 0 N–H and O–H groups in total. The van der Waals surface area contributed by atoms with Crippen molar-refractivity contribution in [3.8, 4) is 6.07 Å². The van der Waals surface area contributed by atoms with Crippen molar-refractivity contribution in [1.29, 1.82) is 5.26 Å². The maximum atomic E-state index is 13.4. The van der Waals surface area contributed by atoms with Crippen LogP contribution in [0.15, 0.2) is 29.2 Å². The van der Waals surface area contributed by atoms with Crippen LogP contribution in [0.4, 0.5) is 24.7 Å². The summed E-state index contributed by atoms with van der Waals surface area (Å²) in [5.74, 6) is -0.759. The van der Waals surface area contributed by atoms with E-state index in [1.807, 2.05) is 0 Å². The van der Waals surface area contributed by atoms with Gasteiger partial charge in [-0.25, -0.2) is 18.4 Å². The molecule has 1 atom stereocenters. The molecule has 200 valence electrons. The van der Waals surface area contributed by atoms with Crippen LogP contribution in [0, 0.1) is 11.3 Å². The van der Waals surface area contributed by atoms with Gasteiger partial charge in [-0.15, -0.1) is 0 Å². The Morgan fingerprint density at radius 2 is 1.70 bits per heavy atom. The van der Waals surface area contributed by atoms with E-state index in [-0.39, 0.29) is 40.8 Å². The van der Waals surface area contributed by atoms with E-state index in [1.165, 1.54) is 17.0 Å². The second-order valence-electron chi connectivity index (χ2n) is 10.2. The van der Waals surface area contributed by atoms with Gasteiger partial charge in [0.1, 0.15) is 11.9 Å². The third-order valence-electron chi connectivity index (χ3n) is 6.83. The van der Waals surface area contributed by atoms with Gasteiger partial charge in [-0.05, 0) is 45.4 Å². The molecule has 13 heteroatoms. The summed E-state index contributed by atoms with van der Waals surface area (Å²) in [6, 6.07) is 7.18. The van der Waals surface area contributed by atoms with Crippen molar-refractivity contribution in [3.63, 3.8) is 0 Å². The van der Waals surface area contributed by atoms with Crippen LogP contribution in [0.3, 0.4) is 0 Å². The van der Waals surface area contributed by atoms with E-state index < -0.39 is 32.8 Å². The maximum absolute atomic E-state index is 13.4. The minimum atomic E-state index is -4.76. The number of piperazine rings is 1. The summed E-state index contributed by atoms with van der Waals surface area (Å²) in [5.41, 5.74) is -0.329. The van der Waals surface area contributed by atoms with Crippen LogP contribution in [0.25, 0.3) is 0 Å². The van der Waals surface area contributed by atoms with Crippen LogP contribution in [0.5, 0.6) is 0 Å². The number of aromatic nitrogens is 2. The lowest BCUT2D eigenvalue weighted by atomic mass is 10.0. The lowest BCUT2D eigenvalue weighted by Gasteiger charge is -2.43. The average molecular weight is 557 g/mol. The molecule has 0 amide bonds. The Balaban J connectivity index is 1.50. The van der Waals surface area contributed by atoms with E-state index in [2.05, 4.69) is 40.5 Å². The topological polar surface area (TPSA) is 93.4 Å².